The average molecular weight is 205 g/mol. The van der Waals surface area contributed by atoms with Crippen molar-refractivity contribution in [2.45, 2.75) is 6.92 Å². The molecule has 0 unspecified atom stereocenters. The highest BCUT2D eigenvalue weighted by molar-refractivity contribution is 6.28. The van der Waals surface area contributed by atoms with Crippen molar-refractivity contribution in [3.8, 4) is 11.3 Å². The van der Waals surface area contributed by atoms with Gasteiger partial charge >= 0.3 is 0 Å². The Morgan fingerprint density at radius 1 is 1.14 bits per heavy atom. The van der Waals surface area contributed by atoms with E-state index in [2.05, 4.69) is 9.97 Å². The van der Waals surface area contributed by atoms with E-state index in [1.54, 1.807) is 6.20 Å². The number of aromatic nitrogens is 2. The molecule has 0 spiro atoms. The molecule has 0 atom stereocenters. The van der Waals surface area contributed by atoms with E-state index in [1.165, 1.54) is 0 Å². The molecular weight excluding hydrogens is 196 g/mol. The first-order valence-electron chi connectivity index (χ1n) is 4.32. The van der Waals surface area contributed by atoms with Crippen LogP contribution in [-0.4, -0.2) is 9.97 Å². The second-order valence-corrected chi connectivity index (χ2v) is 3.37. The molecule has 0 aliphatic rings. The van der Waals surface area contributed by atoms with E-state index in [4.69, 9.17) is 11.6 Å². The van der Waals surface area contributed by atoms with Gasteiger partial charge in [-0.2, -0.15) is 0 Å². The lowest BCUT2D eigenvalue weighted by atomic mass is 10.1. The van der Waals surface area contributed by atoms with Crippen LogP contribution in [0.3, 0.4) is 0 Å². The molecule has 0 aliphatic carbocycles. The topological polar surface area (TPSA) is 25.8 Å². The molecule has 2 rings (SSSR count). The minimum Gasteiger partial charge on any atom is -0.226 e. The maximum absolute atomic E-state index is 5.74. The summed E-state index contributed by atoms with van der Waals surface area (Å²) in [5.41, 5.74) is 2.99. The highest BCUT2D eigenvalue weighted by Gasteiger charge is 2.03. The Kier molecular flexibility index (Phi) is 2.46. The van der Waals surface area contributed by atoms with E-state index in [0.717, 1.165) is 16.8 Å². The largest absolute Gasteiger partial charge is 0.226 e. The number of aryl methyl sites for hydroxylation is 1. The van der Waals surface area contributed by atoms with Crippen LogP contribution in [0.1, 0.15) is 5.56 Å². The van der Waals surface area contributed by atoms with Crippen LogP contribution in [0.25, 0.3) is 11.3 Å². The Morgan fingerprint density at radius 2 is 1.86 bits per heavy atom. The molecule has 3 heteroatoms. The molecule has 70 valence electrons. The predicted octanol–water partition coefficient (Wildman–Crippen LogP) is 3.11. The first kappa shape index (κ1) is 9.16. The zero-order valence-corrected chi connectivity index (χ0v) is 8.49. The highest BCUT2D eigenvalue weighted by atomic mass is 35.5. The van der Waals surface area contributed by atoms with Gasteiger partial charge < -0.3 is 0 Å². The summed E-state index contributed by atoms with van der Waals surface area (Å²) in [5, 5.41) is 0.287. The number of halogens is 1. The Labute approximate surface area is 87.6 Å². The average Bonchev–Trinajstić information content (AvgIpc) is 2.23. The third kappa shape index (κ3) is 1.75. The van der Waals surface area contributed by atoms with Crippen molar-refractivity contribution in [1.82, 2.24) is 9.97 Å². The van der Waals surface area contributed by atoms with Gasteiger partial charge in [0.15, 0.2) is 0 Å². The van der Waals surface area contributed by atoms with Gasteiger partial charge in [0.1, 0.15) is 0 Å². The normalized spacial score (nSPS) is 10.1. The van der Waals surface area contributed by atoms with Crippen molar-refractivity contribution in [3.63, 3.8) is 0 Å². The van der Waals surface area contributed by atoms with E-state index in [9.17, 15) is 0 Å². The number of rotatable bonds is 1. The van der Waals surface area contributed by atoms with Gasteiger partial charge in [0.2, 0.25) is 5.28 Å². The van der Waals surface area contributed by atoms with E-state index in [1.807, 2.05) is 37.3 Å². The lowest BCUT2D eigenvalue weighted by Gasteiger charge is -2.03. The second kappa shape index (κ2) is 3.76. The van der Waals surface area contributed by atoms with Crippen LogP contribution >= 0.6 is 11.6 Å². The molecule has 0 N–H and O–H groups in total. The SMILES string of the molecule is Cc1cnc(Cl)nc1-c1ccccc1. The summed E-state index contributed by atoms with van der Waals surface area (Å²) in [4.78, 5) is 8.12. The fraction of sp³-hybridized carbons (Fsp3) is 0.0909. The maximum Gasteiger partial charge on any atom is 0.222 e. The van der Waals surface area contributed by atoms with Crippen molar-refractivity contribution < 1.29 is 0 Å². The summed E-state index contributed by atoms with van der Waals surface area (Å²) in [6.45, 7) is 1.97. The molecule has 0 saturated heterocycles. The first-order valence-corrected chi connectivity index (χ1v) is 4.70. The minimum absolute atomic E-state index is 0.287. The van der Waals surface area contributed by atoms with Gasteiger partial charge in [-0.3, -0.25) is 0 Å². The Balaban J connectivity index is 2.57. The third-order valence-electron chi connectivity index (χ3n) is 1.99. The van der Waals surface area contributed by atoms with Gasteiger partial charge in [-0.25, -0.2) is 9.97 Å². The fourth-order valence-electron chi connectivity index (χ4n) is 1.31. The predicted molar refractivity (Wildman–Crippen MR) is 57.2 cm³/mol. The summed E-state index contributed by atoms with van der Waals surface area (Å²) in [7, 11) is 0. The van der Waals surface area contributed by atoms with Gasteiger partial charge in [-0.15, -0.1) is 0 Å². The van der Waals surface area contributed by atoms with Crippen LogP contribution in [-0.2, 0) is 0 Å². The molecule has 0 aliphatic heterocycles. The lowest BCUT2D eigenvalue weighted by Crippen LogP contribution is -1.90. The van der Waals surface area contributed by atoms with Crippen LogP contribution in [0, 0.1) is 6.92 Å². The molecular formula is C11H9ClN2. The molecule has 1 aromatic heterocycles. The first-order chi connectivity index (χ1) is 6.77. The van der Waals surface area contributed by atoms with E-state index in [0.29, 0.717) is 0 Å². The summed E-state index contributed by atoms with van der Waals surface area (Å²) in [5.74, 6) is 0. The summed E-state index contributed by atoms with van der Waals surface area (Å²) >= 11 is 5.74. The quantitative estimate of drug-likeness (QED) is 0.667. The third-order valence-corrected chi connectivity index (χ3v) is 2.17. The smallest absolute Gasteiger partial charge is 0.222 e. The van der Waals surface area contributed by atoms with Crippen molar-refractivity contribution in [2.24, 2.45) is 0 Å². The van der Waals surface area contributed by atoms with Crippen molar-refractivity contribution in [3.05, 3.63) is 47.4 Å². The molecule has 14 heavy (non-hydrogen) atoms. The molecule has 1 aromatic carbocycles. The zero-order valence-electron chi connectivity index (χ0n) is 7.74. The summed E-state index contributed by atoms with van der Waals surface area (Å²) in [6.07, 6.45) is 1.73. The molecule has 0 bridgehead atoms. The molecule has 2 nitrogen and oxygen atoms in total. The number of benzene rings is 1. The van der Waals surface area contributed by atoms with E-state index in [-0.39, 0.29) is 5.28 Å². The highest BCUT2D eigenvalue weighted by Crippen LogP contribution is 2.20. The van der Waals surface area contributed by atoms with Crippen molar-refractivity contribution in [1.29, 1.82) is 0 Å². The monoisotopic (exact) mass is 204 g/mol. The van der Waals surface area contributed by atoms with E-state index >= 15 is 0 Å². The van der Waals surface area contributed by atoms with Gasteiger partial charge in [0.25, 0.3) is 0 Å². The molecule has 2 aromatic rings. The Bertz CT molecular complexity index is 440. The summed E-state index contributed by atoms with van der Waals surface area (Å²) < 4.78 is 0. The summed E-state index contributed by atoms with van der Waals surface area (Å²) in [6, 6.07) is 9.94. The van der Waals surface area contributed by atoms with Crippen LogP contribution in [0.15, 0.2) is 36.5 Å². The fourth-order valence-corrected chi connectivity index (χ4v) is 1.44. The van der Waals surface area contributed by atoms with Crippen LogP contribution in [0.4, 0.5) is 0 Å². The molecule has 1 heterocycles. The maximum atomic E-state index is 5.74. The lowest BCUT2D eigenvalue weighted by molar-refractivity contribution is 1.13. The van der Waals surface area contributed by atoms with E-state index < -0.39 is 0 Å². The second-order valence-electron chi connectivity index (χ2n) is 3.04. The number of nitrogens with zero attached hydrogens (tertiary/aromatic N) is 2. The van der Waals surface area contributed by atoms with Gasteiger partial charge in [-0.1, -0.05) is 30.3 Å². The Morgan fingerprint density at radius 3 is 2.57 bits per heavy atom. The molecule has 0 radical (unpaired) electrons. The van der Waals surface area contributed by atoms with Crippen molar-refractivity contribution in [2.75, 3.05) is 0 Å². The molecule has 0 fully saturated rings. The molecule has 0 amide bonds. The zero-order chi connectivity index (χ0) is 9.97. The van der Waals surface area contributed by atoms with Crippen LogP contribution < -0.4 is 0 Å². The van der Waals surface area contributed by atoms with Crippen LogP contribution in [0.2, 0.25) is 5.28 Å². The van der Waals surface area contributed by atoms with Crippen molar-refractivity contribution >= 4 is 11.6 Å². The number of hydrogen-bond donors (Lipinski definition) is 0. The minimum atomic E-state index is 0.287. The van der Waals surface area contributed by atoms with Crippen LogP contribution in [0.5, 0.6) is 0 Å². The number of hydrogen-bond acceptors (Lipinski definition) is 2. The van der Waals surface area contributed by atoms with Gasteiger partial charge in [0.05, 0.1) is 5.69 Å². The molecule has 0 saturated carbocycles. The van der Waals surface area contributed by atoms with Gasteiger partial charge in [0, 0.05) is 11.8 Å². The standard InChI is InChI=1S/C11H9ClN2/c1-8-7-13-11(12)14-10(8)9-5-3-2-4-6-9/h2-7H,1H3. The Hall–Kier alpha value is -1.41. The van der Waals surface area contributed by atoms with Gasteiger partial charge in [-0.05, 0) is 24.1 Å².